The number of hydrogen-bond donors (Lipinski definition) is 3. The number of nitro groups is 1. The molecule has 0 saturated carbocycles. The summed E-state index contributed by atoms with van der Waals surface area (Å²) in [5.41, 5.74) is 10.7. The highest BCUT2D eigenvalue weighted by molar-refractivity contribution is 8.93. The molecule has 1 amide bonds. The van der Waals surface area contributed by atoms with Gasteiger partial charge in [0.15, 0.2) is 11.5 Å². The van der Waals surface area contributed by atoms with Gasteiger partial charge < -0.3 is 26.4 Å². The van der Waals surface area contributed by atoms with Crippen LogP contribution in [0.5, 0.6) is 0 Å². The number of hydrogen-bond acceptors (Lipinski definition) is 8. The zero-order chi connectivity index (χ0) is 24.3. The van der Waals surface area contributed by atoms with Crippen molar-refractivity contribution >= 4 is 63.6 Å². The lowest BCUT2D eigenvalue weighted by Crippen LogP contribution is -2.47. The average molecular weight is 553 g/mol. The molecular formula is C21H25BrN6O5S. The van der Waals surface area contributed by atoms with Crippen LogP contribution in [0.4, 0.5) is 17.1 Å². The van der Waals surface area contributed by atoms with Gasteiger partial charge in [-0.3, -0.25) is 19.7 Å². The second-order valence-corrected chi connectivity index (χ2v) is 9.27. The molecule has 2 aromatic rings. The highest BCUT2D eigenvalue weighted by Gasteiger charge is 2.35. The fourth-order valence-electron chi connectivity index (χ4n) is 3.08. The minimum absolute atomic E-state index is 0. The number of ether oxygens (including phenoxy) is 1. The number of guanidine groups is 1. The number of nitro benzene ring substituents is 1. The van der Waals surface area contributed by atoms with E-state index in [1.165, 1.54) is 23.9 Å². The Morgan fingerprint density at radius 3 is 2.41 bits per heavy atom. The lowest BCUT2D eigenvalue weighted by atomic mass is 10.2. The molecule has 5 N–H and O–H groups in total. The van der Waals surface area contributed by atoms with Gasteiger partial charge >= 0.3 is 5.97 Å². The molecule has 13 heteroatoms. The molecular weight excluding hydrogens is 528 g/mol. The summed E-state index contributed by atoms with van der Waals surface area (Å²) in [7, 11) is 0. The molecule has 34 heavy (non-hydrogen) atoms. The molecule has 0 saturated heterocycles. The quantitative estimate of drug-likeness (QED) is 0.160. The average Bonchev–Trinajstić information content (AvgIpc) is 3.02. The molecule has 0 fully saturated rings. The van der Waals surface area contributed by atoms with Gasteiger partial charge in [-0.25, -0.2) is 4.99 Å². The summed E-state index contributed by atoms with van der Waals surface area (Å²) in [5.74, 6) is -0.991. The van der Waals surface area contributed by atoms with Crippen LogP contribution in [0.2, 0.25) is 0 Å². The maximum atomic E-state index is 12.9. The normalized spacial score (nSPS) is 14.4. The minimum Gasteiger partial charge on any atom is -0.459 e. The molecule has 1 atom stereocenters. The number of non-ortho nitro benzene ring substituents is 1. The number of aliphatic imine (C=N–C) groups is 1. The monoisotopic (exact) mass is 552 g/mol. The van der Waals surface area contributed by atoms with Gasteiger partial charge in [-0.1, -0.05) is 11.8 Å². The van der Waals surface area contributed by atoms with E-state index in [1.54, 1.807) is 56.0 Å². The predicted molar refractivity (Wildman–Crippen MR) is 136 cm³/mol. The van der Waals surface area contributed by atoms with Gasteiger partial charge in [-0.05, 0) is 51.1 Å². The maximum absolute atomic E-state index is 12.9. The molecule has 0 aliphatic carbocycles. The first-order chi connectivity index (χ1) is 15.4. The van der Waals surface area contributed by atoms with Crippen molar-refractivity contribution in [2.45, 2.75) is 36.8 Å². The highest BCUT2D eigenvalue weighted by atomic mass is 79.9. The highest BCUT2D eigenvalue weighted by Crippen LogP contribution is 2.44. The molecule has 0 aromatic heterocycles. The Bertz CT molecular complexity index is 1120. The number of nitrogens with zero attached hydrogens (tertiary/aromatic N) is 3. The van der Waals surface area contributed by atoms with Gasteiger partial charge in [-0.15, -0.1) is 17.0 Å². The minimum atomic E-state index is -0.682. The van der Waals surface area contributed by atoms with Gasteiger partial charge in [0.25, 0.3) is 11.6 Å². The van der Waals surface area contributed by atoms with E-state index < -0.39 is 27.9 Å². The predicted octanol–water partition coefficient (Wildman–Crippen LogP) is 3.04. The zero-order valence-electron chi connectivity index (χ0n) is 18.7. The first kappa shape index (κ1) is 26.9. The third-order valence-corrected chi connectivity index (χ3v) is 5.52. The third-order valence-electron chi connectivity index (χ3n) is 4.35. The molecule has 2 aromatic carbocycles. The number of carbonyl (C=O) groups excluding carboxylic acids is 2. The molecule has 1 heterocycles. The van der Waals surface area contributed by atoms with Gasteiger partial charge in [0.2, 0.25) is 0 Å². The molecule has 11 nitrogen and oxygen atoms in total. The van der Waals surface area contributed by atoms with Gasteiger partial charge in [0, 0.05) is 22.6 Å². The van der Waals surface area contributed by atoms with Crippen molar-refractivity contribution in [1.82, 2.24) is 5.32 Å². The van der Waals surface area contributed by atoms with E-state index in [0.29, 0.717) is 21.8 Å². The van der Waals surface area contributed by atoms with E-state index in [-0.39, 0.29) is 35.2 Å². The second-order valence-electron chi connectivity index (χ2n) is 8.15. The van der Waals surface area contributed by atoms with Gasteiger partial charge in [0.1, 0.15) is 12.1 Å². The molecule has 3 rings (SSSR count). The van der Waals surface area contributed by atoms with E-state index in [2.05, 4.69) is 10.3 Å². The Labute approximate surface area is 210 Å². The standard InChI is InChI=1S/C21H24N6O5S.BrH/c1-21(2,3)32-17(28)11-26-15-9-8-14(27(30)31)10-16(15)33-20(26)25-18(29)12-4-6-13(7-5-12)24-19(22)23;/h4-10,20H,11H2,1-3H3,(H,25,29)(H4,22,23,24);1H. The van der Waals surface area contributed by atoms with Crippen LogP contribution in [0.25, 0.3) is 0 Å². The summed E-state index contributed by atoms with van der Waals surface area (Å²) < 4.78 is 5.42. The zero-order valence-corrected chi connectivity index (χ0v) is 21.2. The van der Waals surface area contributed by atoms with Gasteiger partial charge in [-0.2, -0.15) is 0 Å². The molecule has 182 valence electrons. The Morgan fingerprint density at radius 2 is 1.85 bits per heavy atom. The Balaban J connectivity index is 0.00000408. The van der Waals surface area contributed by atoms with E-state index in [9.17, 15) is 19.7 Å². The van der Waals surface area contributed by atoms with Crippen LogP contribution in [0.3, 0.4) is 0 Å². The van der Waals surface area contributed by atoms with Crippen LogP contribution in [0, 0.1) is 10.1 Å². The summed E-state index contributed by atoms with van der Waals surface area (Å²) in [6.45, 7) is 5.12. The van der Waals surface area contributed by atoms with Crippen LogP contribution < -0.4 is 21.7 Å². The number of esters is 1. The first-order valence-corrected chi connectivity index (χ1v) is 10.7. The van der Waals surface area contributed by atoms with Crippen LogP contribution in [-0.4, -0.2) is 40.4 Å². The number of fused-ring (bicyclic) bond motifs is 1. The van der Waals surface area contributed by atoms with E-state index in [1.807, 2.05) is 0 Å². The number of benzene rings is 2. The lowest BCUT2D eigenvalue weighted by Gasteiger charge is -2.28. The summed E-state index contributed by atoms with van der Waals surface area (Å²) >= 11 is 1.20. The molecule has 0 spiro atoms. The number of halogens is 1. The van der Waals surface area contributed by atoms with Gasteiger partial charge in [0.05, 0.1) is 16.3 Å². The largest absolute Gasteiger partial charge is 0.459 e. The van der Waals surface area contributed by atoms with Crippen molar-refractivity contribution in [2.24, 2.45) is 16.5 Å². The number of nitrogens with one attached hydrogen (secondary N) is 1. The number of amides is 1. The Kier molecular flexibility index (Phi) is 8.51. The van der Waals surface area contributed by atoms with Crippen molar-refractivity contribution in [3.8, 4) is 0 Å². The molecule has 0 radical (unpaired) electrons. The smallest absolute Gasteiger partial charge is 0.326 e. The second kappa shape index (κ2) is 10.7. The first-order valence-electron chi connectivity index (χ1n) is 9.87. The van der Waals surface area contributed by atoms with E-state index in [4.69, 9.17) is 16.2 Å². The molecule has 0 bridgehead atoms. The van der Waals surface area contributed by atoms with Crippen molar-refractivity contribution in [2.75, 3.05) is 11.4 Å². The maximum Gasteiger partial charge on any atom is 0.326 e. The van der Waals surface area contributed by atoms with Crippen LogP contribution in [0.1, 0.15) is 31.1 Å². The third kappa shape index (κ3) is 6.84. The summed E-state index contributed by atoms with van der Waals surface area (Å²) in [6, 6.07) is 10.6. The van der Waals surface area contributed by atoms with Crippen LogP contribution in [-0.2, 0) is 9.53 Å². The lowest BCUT2D eigenvalue weighted by molar-refractivity contribution is -0.385. The fourth-order valence-corrected chi connectivity index (χ4v) is 4.30. The summed E-state index contributed by atoms with van der Waals surface area (Å²) in [4.78, 5) is 42.2. The number of rotatable bonds is 6. The summed E-state index contributed by atoms with van der Waals surface area (Å²) in [6.07, 6.45) is 0. The number of thioether (sulfide) groups is 1. The van der Waals surface area contributed by atoms with E-state index >= 15 is 0 Å². The Morgan fingerprint density at radius 1 is 1.21 bits per heavy atom. The van der Waals surface area contributed by atoms with Crippen molar-refractivity contribution in [3.63, 3.8) is 0 Å². The van der Waals surface area contributed by atoms with Crippen LogP contribution in [0.15, 0.2) is 52.4 Å². The van der Waals surface area contributed by atoms with Crippen molar-refractivity contribution < 1.29 is 19.2 Å². The van der Waals surface area contributed by atoms with E-state index in [0.717, 1.165) is 0 Å². The number of anilines is 1. The molecule has 1 aliphatic rings. The topological polar surface area (TPSA) is 166 Å². The number of nitrogens with two attached hydrogens (primary N) is 2. The number of carbonyl (C=O) groups is 2. The summed E-state index contributed by atoms with van der Waals surface area (Å²) in [5, 5.41) is 14.0. The molecule has 1 unspecified atom stereocenters. The van der Waals surface area contributed by atoms with Crippen molar-refractivity contribution in [3.05, 3.63) is 58.1 Å². The molecule has 1 aliphatic heterocycles. The SMILES string of the molecule is Br.CC(C)(C)OC(=O)CN1c2ccc([N+](=O)[O-])cc2SC1NC(=O)c1ccc(N=C(N)N)cc1. The van der Waals surface area contributed by atoms with Crippen molar-refractivity contribution in [1.29, 1.82) is 0 Å². The van der Waals surface area contributed by atoms with Crippen LogP contribution >= 0.6 is 28.7 Å². The Hall–Kier alpha value is -3.32. The fraction of sp³-hybridized carbons (Fsp3) is 0.286.